The first kappa shape index (κ1) is 15.5. The molecule has 0 aliphatic carbocycles. The van der Waals surface area contributed by atoms with E-state index in [-0.39, 0.29) is 5.03 Å². The topological polar surface area (TPSA) is 87.8 Å². The van der Waals surface area contributed by atoms with Gasteiger partial charge in [0.05, 0.1) is 17.3 Å². The van der Waals surface area contributed by atoms with Gasteiger partial charge in [0.2, 0.25) is 0 Å². The molecular formula is C13H13BrN4O2S. The lowest BCUT2D eigenvalue weighted by molar-refractivity contribution is 0.598. The zero-order chi connectivity index (χ0) is 15.6. The van der Waals surface area contributed by atoms with Gasteiger partial charge in [0, 0.05) is 17.2 Å². The fourth-order valence-electron chi connectivity index (χ4n) is 1.79. The normalized spacial score (nSPS) is 11.1. The summed E-state index contributed by atoms with van der Waals surface area (Å²) in [7, 11) is -3.76. The van der Waals surface area contributed by atoms with Crippen LogP contribution >= 0.6 is 15.9 Å². The van der Waals surface area contributed by atoms with Crippen LogP contribution in [0.1, 0.15) is 18.3 Å². The molecule has 21 heavy (non-hydrogen) atoms. The quantitative estimate of drug-likeness (QED) is 0.898. The predicted octanol–water partition coefficient (Wildman–Crippen LogP) is 2.65. The van der Waals surface area contributed by atoms with Crippen molar-refractivity contribution in [3.8, 4) is 6.07 Å². The highest BCUT2D eigenvalue weighted by Gasteiger charge is 2.20. The van der Waals surface area contributed by atoms with Gasteiger partial charge in [-0.2, -0.15) is 13.7 Å². The fourth-order valence-corrected chi connectivity index (χ4v) is 3.49. The molecule has 8 heteroatoms. The first-order valence-corrected chi connectivity index (χ1v) is 8.41. The first-order chi connectivity index (χ1) is 9.87. The third-order valence-electron chi connectivity index (χ3n) is 2.91. The molecule has 1 heterocycles. The molecule has 0 atom stereocenters. The molecule has 0 radical (unpaired) electrons. The number of nitrogens with one attached hydrogen (secondary N) is 1. The Morgan fingerprint density at radius 1 is 1.48 bits per heavy atom. The van der Waals surface area contributed by atoms with Crippen LogP contribution in [0.5, 0.6) is 0 Å². The van der Waals surface area contributed by atoms with E-state index in [1.807, 2.05) is 13.0 Å². The van der Waals surface area contributed by atoms with E-state index in [9.17, 15) is 8.42 Å². The molecule has 0 aliphatic heterocycles. The molecular weight excluding hydrogens is 356 g/mol. The number of hydrogen-bond acceptors (Lipinski definition) is 4. The number of nitriles is 1. The highest BCUT2D eigenvalue weighted by atomic mass is 79.9. The van der Waals surface area contributed by atoms with E-state index in [2.05, 4.69) is 25.6 Å². The van der Waals surface area contributed by atoms with Crippen LogP contribution in [0.15, 0.2) is 33.9 Å². The summed E-state index contributed by atoms with van der Waals surface area (Å²) in [5, 5.41) is 8.77. The number of sulfonamides is 1. The van der Waals surface area contributed by atoms with Crippen molar-refractivity contribution in [2.75, 3.05) is 4.72 Å². The third kappa shape index (κ3) is 3.25. The lowest BCUT2D eigenvalue weighted by atomic mass is 10.2. The Bertz CT molecular complexity index is 821. The SMILES string of the molecule is CCn1cc(S(=O)(=O)Nc2ccc(C#N)cc2Br)nc1C. The van der Waals surface area contributed by atoms with Gasteiger partial charge in [-0.3, -0.25) is 4.72 Å². The number of benzene rings is 1. The summed E-state index contributed by atoms with van der Waals surface area (Å²) in [5.41, 5.74) is 0.800. The zero-order valence-electron chi connectivity index (χ0n) is 11.5. The van der Waals surface area contributed by atoms with Gasteiger partial charge in [0.1, 0.15) is 5.82 Å². The molecule has 1 aromatic carbocycles. The van der Waals surface area contributed by atoms with E-state index in [0.29, 0.717) is 28.1 Å². The first-order valence-electron chi connectivity index (χ1n) is 6.13. The Labute approximate surface area is 131 Å². The number of halogens is 1. The van der Waals surface area contributed by atoms with Gasteiger partial charge in [-0.05, 0) is 48.0 Å². The minimum Gasteiger partial charge on any atom is -0.334 e. The lowest BCUT2D eigenvalue weighted by Crippen LogP contribution is -2.13. The van der Waals surface area contributed by atoms with Crippen molar-refractivity contribution in [3.63, 3.8) is 0 Å². The van der Waals surface area contributed by atoms with Crippen molar-refractivity contribution in [3.05, 3.63) is 40.3 Å². The van der Waals surface area contributed by atoms with Crippen molar-refractivity contribution in [1.29, 1.82) is 5.26 Å². The highest BCUT2D eigenvalue weighted by molar-refractivity contribution is 9.10. The molecule has 0 bridgehead atoms. The van der Waals surface area contributed by atoms with Crippen molar-refractivity contribution < 1.29 is 8.42 Å². The second-order valence-electron chi connectivity index (χ2n) is 4.32. The molecule has 1 N–H and O–H groups in total. The molecule has 1 aromatic heterocycles. The second kappa shape index (κ2) is 5.87. The van der Waals surface area contributed by atoms with Crippen LogP contribution in [0.4, 0.5) is 5.69 Å². The summed E-state index contributed by atoms with van der Waals surface area (Å²) >= 11 is 3.24. The van der Waals surface area contributed by atoms with Crippen molar-refractivity contribution in [2.45, 2.75) is 25.4 Å². The highest BCUT2D eigenvalue weighted by Crippen LogP contribution is 2.26. The van der Waals surface area contributed by atoms with Crippen LogP contribution in [0.3, 0.4) is 0 Å². The van der Waals surface area contributed by atoms with Gasteiger partial charge in [-0.1, -0.05) is 0 Å². The number of nitrogens with zero attached hydrogens (tertiary/aromatic N) is 3. The van der Waals surface area contributed by atoms with Crippen LogP contribution in [0.25, 0.3) is 0 Å². The molecule has 2 rings (SSSR count). The van der Waals surface area contributed by atoms with E-state index < -0.39 is 10.0 Å². The second-order valence-corrected chi connectivity index (χ2v) is 6.81. The summed E-state index contributed by atoms with van der Waals surface area (Å²) in [6.07, 6.45) is 1.50. The van der Waals surface area contributed by atoms with E-state index in [4.69, 9.17) is 5.26 Å². The zero-order valence-corrected chi connectivity index (χ0v) is 13.9. The Morgan fingerprint density at radius 3 is 2.71 bits per heavy atom. The molecule has 0 saturated carbocycles. The van der Waals surface area contributed by atoms with Crippen LogP contribution in [0, 0.1) is 18.3 Å². The fraction of sp³-hybridized carbons (Fsp3) is 0.231. The number of hydrogen-bond donors (Lipinski definition) is 1. The molecule has 6 nitrogen and oxygen atoms in total. The number of anilines is 1. The minimum atomic E-state index is -3.76. The Hall–Kier alpha value is -1.85. The van der Waals surface area contributed by atoms with Crippen molar-refractivity contribution in [1.82, 2.24) is 9.55 Å². The minimum absolute atomic E-state index is 0.0295. The molecule has 0 fully saturated rings. The summed E-state index contributed by atoms with van der Waals surface area (Å²) in [6, 6.07) is 6.61. The maximum atomic E-state index is 12.3. The molecule has 2 aromatic rings. The van der Waals surface area contributed by atoms with Gasteiger partial charge in [0.15, 0.2) is 5.03 Å². The number of aryl methyl sites for hydroxylation is 2. The molecule has 0 unspecified atom stereocenters. The van der Waals surface area contributed by atoms with Crippen LogP contribution < -0.4 is 4.72 Å². The molecule has 0 saturated heterocycles. The van der Waals surface area contributed by atoms with Gasteiger partial charge < -0.3 is 4.57 Å². The summed E-state index contributed by atoms with van der Waals surface area (Å²) in [6.45, 7) is 4.31. The van der Waals surface area contributed by atoms with Gasteiger partial charge in [-0.25, -0.2) is 4.98 Å². The molecule has 110 valence electrons. The average molecular weight is 369 g/mol. The van der Waals surface area contributed by atoms with Crippen LogP contribution in [-0.4, -0.2) is 18.0 Å². The Morgan fingerprint density at radius 2 is 2.19 bits per heavy atom. The maximum absolute atomic E-state index is 12.3. The number of rotatable bonds is 4. The van der Waals surface area contributed by atoms with E-state index >= 15 is 0 Å². The van der Waals surface area contributed by atoms with Crippen molar-refractivity contribution in [2.24, 2.45) is 0 Å². The van der Waals surface area contributed by atoms with E-state index in [1.54, 1.807) is 23.6 Å². The number of aromatic nitrogens is 2. The summed E-state index contributed by atoms with van der Waals surface area (Å²) in [5.74, 6) is 0.636. The Kier molecular flexibility index (Phi) is 4.34. The van der Waals surface area contributed by atoms with Gasteiger partial charge in [-0.15, -0.1) is 0 Å². The average Bonchev–Trinajstić information content (AvgIpc) is 2.83. The summed E-state index contributed by atoms with van der Waals surface area (Å²) < 4.78 is 29.3. The smallest absolute Gasteiger partial charge is 0.280 e. The summed E-state index contributed by atoms with van der Waals surface area (Å²) in [4.78, 5) is 4.06. The number of imidazole rings is 1. The molecule has 0 spiro atoms. The largest absolute Gasteiger partial charge is 0.334 e. The third-order valence-corrected chi connectivity index (χ3v) is 4.80. The van der Waals surface area contributed by atoms with E-state index in [1.165, 1.54) is 12.3 Å². The monoisotopic (exact) mass is 368 g/mol. The molecule has 0 amide bonds. The predicted molar refractivity (Wildman–Crippen MR) is 82.3 cm³/mol. The van der Waals surface area contributed by atoms with Crippen molar-refractivity contribution >= 4 is 31.6 Å². The van der Waals surface area contributed by atoms with Crippen LogP contribution in [0.2, 0.25) is 0 Å². The lowest BCUT2D eigenvalue weighted by Gasteiger charge is -2.07. The van der Waals surface area contributed by atoms with Crippen LogP contribution in [-0.2, 0) is 16.6 Å². The standard InChI is InChI=1S/C13H13BrN4O2S/c1-3-18-8-13(16-9(18)2)21(19,20)17-12-5-4-10(7-15)6-11(12)14/h4-6,8,17H,3H2,1-2H3. The molecule has 0 aliphatic rings. The van der Waals surface area contributed by atoms with Gasteiger partial charge in [0.25, 0.3) is 10.0 Å². The maximum Gasteiger partial charge on any atom is 0.280 e. The van der Waals surface area contributed by atoms with E-state index in [0.717, 1.165) is 0 Å². The van der Waals surface area contributed by atoms with Gasteiger partial charge >= 0.3 is 0 Å². The Balaban J connectivity index is 2.35.